The van der Waals surface area contributed by atoms with Crippen LogP contribution in [0.25, 0.3) is 22.5 Å². The molecule has 0 unspecified atom stereocenters. The van der Waals surface area contributed by atoms with Crippen molar-refractivity contribution in [1.82, 2.24) is 9.97 Å². The van der Waals surface area contributed by atoms with E-state index in [1.54, 1.807) is 6.07 Å². The Bertz CT molecular complexity index is 1650. The van der Waals surface area contributed by atoms with Crippen LogP contribution in [0, 0.1) is 0 Å². The van der Waals surface area contributed by atoms with Crippen molar-refractivity contribution in [2.24, 2.45) is 0 Å². The standard InChI is InChI=1S/C35H27N3O/c39-34-19-8-7-16-30(34)32-17-11-18-33(37-32)31-25-29(22-21-27(31)24-26-12-3-1-4-13-26)38(28-14-5-2-6-15-28)35-20-9-10-23-36-35/h1-23,25,39H,24H2. The van der Waals surface area contributed by atoms with Crippen LogP contribution in [0.1, 0.15) is 11.1 Å². The van der Waals surface area contributed by atoms with Gasteiger partial charge in [0.1, 0.15) is 11.6 Å². The number of para-hydroxylation sites is 2. The van der Waals surface area contributed by atoms with Gasteiger partial charge < -0.3 is 5.11 Å². The average molecular weight is 506 g/mol. The van der Waals surface area contributed by atoms with Gasteiger partial charge in [-0.05, 0) is 78.2 Å². The second-order valence-corrected chi connectivity index (χ2v) is 9.29. The van der Waals surface area contributed by atoms with Gasteiger partial charge in [0.15, 0.2) is 0 Å². The molecule has 0 aliphatic carbocycles. The number of phenolic OH excluding ortho intramolecular Hbond substituents is 1. The molecular formula is C35H27N3O. The first-order valence-corrected chi connectivity index (χ1v) is 12.9. The highest BCUT2D eigenvalue weighted by Crippen LogP contribution is 2.37. The zero-order valence-corrected chi connectivity index (χ0v) is 21.4. The number of hydrogen-bond acceptors (Lipinski definition) is 4. The molecule has 0 saturated heterocycles. The number of pyridine rings is 2. The fourth-order valence-electron chi connectivity index (χ4n) is 4.81. The zero-order valence-electron chi connectivity index (χ0n) is 21.4. The molecule has 4 aromatic carbocycles. The fraction of sp³-hybridized carbons (Fsp3) is 0.0286. The number of benzene rings is 4. The first-order chi connectivity index (χ1) is 19.3. The topological polar surface area (TPSA) is 49.2 Å². The van der Waals surface area contributed by atoms with E-state index in [2.05, 4.69) is 64.5 Å². The molecule has 2 aromatic heterocycles. The van der Waals surface area contributed by atoms with Crippen LogP contribution in [0.5, 0.6) is 5.75 Å². The Balaban J connectivity index is 1.52. The van der Waals surface area contributed by atoms with E-state index in [0.717, 1.165) is 40.6 Å². The van der Waals surface area contributed by atoms with Crippen molar-refractivity contribution in [1.29, 1.82) is 0 Å². The van der Waals surface area contributed by atoms with Gasteiger partial charge >= 0.3 is 0 Å². The summed E-state index contributed by atoms with van der Waals surface area (Å²) in [5, 5.41) is 10.5. The summed E-state index contributed by atoms with van der Waals surface area (Å²) in [6.07, 6.45) is 2.58. The molecule has 0 aliphatic rings. The van der Waals surface area contributed by atoms with Crippen molar-refractivity contribution >= 4 is 17.2 Å². The lowest BCUT2D eigenvalue weighted by Gasteiger charge is -2.25. The Morgan fingerprint density at radius 2 is 1.26 bits per heavy atom. The highest BCUT2D eigenvalue weighted by atomic mass is 16.3. The Morgan fingerprint density at radius 3 is 2.00 bits per heavy atom. The third-order valence-electron chi connectivity index (χ3n) is 6.69. The van der Waals surface area contributed by atoms with E-state index in [1.807, 2.05) is 85.1 Å². The highest BCUT2D eigenvalue weighted by Gasteiger charge is 2.17. The highest BCUT2D eigenvalue weighted by molar-refractivity contribution is 5.80. The van der Waals surface area contributed by atoms with Crippen LogP contribution in [0.15, 0.2) is 146 Å². The number of aromatic hydroxyl groups is 1. The van der Waals surface area contributed by atoms with Gasteiger partial charge in [0.05, 0.1) is 11.4 Å². The molecule has 0 radical (unpaired) electrons. The molecule has 4 nitrogen and oxygen atoms in total. The van der Waals surface area contributed by atoms with Gasteiger partial charge in [-0.25, -0.2) is 9.97 Å². The number of nitrogens with zero attached hydrogens (tertiary/aromatic N) is 3. The summed E-state index contributed by atoms with van der Waals surface area (Å²) in [5.41, 5.74) is 7.72. The van der Waals surface area contributed by atoms with E-state index in [1.165, 1.54) is 11.1 Å². The summed E-state index contributed by atoms with van der Waals surface area (Å²) in [6.45, 7) is 0. The average Bonchev–Trinajstić information content (AvgIpc) is 3.00. The third-order valence-corrected chi connectivity index (χ3v) is 6.69. The maximum atomic E-state index is 10.5. The normalized spacial score (nSPS) is 10.8. The first-order valence-electron chi connectivity index (χ1n) is 12.9. The molecule has 4 heteroatoms. The first kappa shape index (κ1) is 24.1. The maximum Gasteiger partial charge on any atom is 0.137 e. The molecular weight excluding hydrogens is 478 g/mol. The van der Waals surface area contributed by atoms with Gasteiger partial charge in [0.25, 0.3) is 0 Å². The van der Waals surface area contributed by atoms with Gasteiger partial charge in [-0.2, -0.15) is 0 Å². The summed E-state index contributed by atoms with van der Waals surface area (Å²) in [5.74, 6) is 1.05. The fourth-order valence-corrected chi connectivity index (χ4v) is 4.81. The van der Waals surface area contributed by atoms with Crippen LogP contribution >= 0.6 is 0 Å². The lowest BCUT2D eigenvalue weighted by Crippen LogP contribution is -2.11. The zero-order chi connectivity index (χ0) is 26.4. The predicted octanol–water partition coefficient (Wildman–Crippen LogP) is 8.58. The number of phenols is 1. The summed E-state index contributed by atoms with van der Waals surface area (Å²) >= 11 is 0. The predicted molar refractivity (Wildman–Crippen MR) is 158 cm³/mol. The van der Waals surface area contributed by atoms with Gasteiger partial charge in [-0.1, -0.05) is 78.9 Å². The lowest BCUT2D eigenvalue weighted by molar-refractivity contribution is 0.477. The van der Waals surface area contributed by atoms with Crippen LogP contribution in [-0.2, 0) is 6.42 Å². The third kappa shape index (κ3) is 5.27. The van der Waals surface area contributed by atoms with E-state index in [4.69, 9.17) is 4.98 Å². The van der Waals surface area contributed by atoms with Crippen LogP contribution in [0.3, 0.4) is 0 Å². The van der Waals surface area contributed by atoms with Crippen LogP contribution in [-0.4, -0.2) is 15.1 Å². The molecule has 0 fully saturated rings. The smallest absolute Gasteiger partial charge is 0.137 e. The Kier molecular flexibility index (Phi) is 6.83. The van der Waals surface area contributed by atoms with Gasteiger partial charge in [0.2, 0.25) is 0 Å². The SMILES string of the molecule is Oc1ccccc1-c1cccc(-c2cc(N(c3ccccc3)c3ccccn3)ccc2Cc2ccccc2)n1. The van der Waals surface area contributed by atoms with E-state index < -0.39 is 0 Å². The molecule has 0 saturated carbocycles. The largest absolute Gasteiger partial charge is 0.507 e. The molecule has 0 bridgehead atoms. The minimum atomic E-state index is 0.214. The monoisotopic (exact) mass is 505 g/mol. The Hall–Kier alpha value is -5.22. The minimum Gasteiger partial charge on any atom is -0.507 e. The van der Waals surface area contributed by atoms with Gasteiger partial charge in [-0.3, -0.25) is 4.90 Å². The summed E-state index contributed by atoms with van der Waals surface area (Å²) in [4.78, 5) is 11.9. The van der Waals surface area contributed by atoms with Gasteiger partial charge in [0, 0.05) is 28.7 Å². The molecule has 188 valence electrons. The van der Waals surface area contributed by atoms with Crippen molar-refractivity contribution in [2.75, 3.05) is 4.90 Å². The van der Waals surface area contributed by atoms with Crippen molar-refractivity contribution < 1.29 is 5.11 Å². The van der Waals surface area contributed by atoms with Crippen molar-refractivity contribution in [3.05, 3.63) is 157 Å². The second-order valence-electron chi connectivity index (χ2n) is 9.29. The molecule has 0 aliphatic heterocycles. The number of rotatable bonds is 7. The Labute approximate surface area is 228 Å². The van der Waals surface area contributed by atoms with Crippen LogP contribution < -0.4 is 4.90 Å². The van der Waals surface area contributed by atoms with Crippen molar-refractivity contribution in [2.45, 2.75) is 6.42 Å². The minimum absolute atomic E-state index is 0.214. The summed E-state index contributed by atoms with van der Waals surface area (Å²) < 4.78 is 0. The van der Waals surface area contributed by atoms with Crippen LogP contribution in [0.4, 0.5) is 17.2 Å². The number of aromatic nitrogens is 2. The molecule has 0 amide bonds. The quantitative estimate of drug-likeness (QED) is 0.236. The van der Waals surface area contributed by atoms with E-state index in [0.29, 0.717) is 5.56 Å². The summed E-state index contributed by atoms with van der Waals surface area (Å²) in [7, 11) is 0. The number of hydrogen-bond donors (Lipinski definition) is 1. The maximum absolute atomic E-state index is 10.5. The number of anilines is 3. The molecule has 6 rings (SSSR count). The van der Waals surface area contributed by atoms with Gasteiger partial charge in [-0.15, -0.1) is 0 Å². The van der Waals surface area contributed by atoms with Crippen molar-refractivity contribution in [3.63, 3.8) is 0 Å². The Morgan fingerprint density at radius 1 is 0.564 bits per heavy atom. The van der Waals surface area contributed by atoms with E-state index in [-0.39, 0.29) is 5.75 Å². The molecule has 0 atom stereocenters. The summed E-state index contributed by atoms with van der Waals surface area (Å²) in [6, 6.07) is 46.5. The molecule has 0 spiro atoms. The molecule has 39 heavy (non-hydrogen) atoms. The van der Waals surface area contributed by atoms with E-state index in [9.17, 15) is 5.11 Å². The van der Waals surface area contributed by atoms with E-state index >= 15 is 0 Å². The molecule has 2 heterocycles. The molecule has 1 N–H and O–H groups in total. The lowest BCUT2D eigenvalue weighted by atomic mass is 9.96. The van der Waals surface area contributed by atoms with Crippen LogP contribution in [0.2, 0.25) is 0 Å². The second kappa shape index (κ2) is 11.0. The van der Waals surface area contributed by atoms with Crippen molar-refractivity contribution in [3.8, 4) is 28.3 Å². The molecule has 6 aromatic rings.